The average Bonchev–Trinajstić information content (AvgIpc) is 2.23. The van der Waals surface area contributed by atoms with Gasteiger partial charge in [0.25, 0.3) is 0 Å². The van der Waals surface area contributed by atoms with E-state index in [4.69, 9.17) is 16.3 Å². The third-order valence-corrected chi connectivity index (χ3v) is 3.08. The first kappa shape index (κ1) is 13.5. The number of ether oxygens (including phenoxy) is 1. The molecule has 0 fully saturated rings. The predicted molar refractivity (Wildman–Crippen MR) is 68.9 cm³/mol. The molecule has 0 saturated heterocycles. The van der Waals surface area contributed by atoms with Crippen LogP contribution in [0, 0.1) is 6.92 Å². The highest BCUT2D eigenvalue weighted by molar-refractivity contribution is 9.10. The number of carbonyl (C=O) groups is 1. The van der Waals surface area contributed by atoms with Crippen LogP contribution in [0.25, 0.3) is 0 Å². The van der Waals surface area contributed by atoms with Gasteiger partial charge in [0.2, 0.25) is 0 Å². The van der Waals surface area contributed by atoms with Crippen LogP contribution in [0.4, 0.5) is 0 Å². The maximum Gasteiger partial charge on any atom is 0.324 e. The average molecular weight is 306 g/mol. The van der Waals surface area contributed by atoms with Gasteiger partial charge >= 0.3 is 5.97 Å². The molecule has 1 rings (SSSR count). The van der Waals surface area contributed by atoms with Crippen LogP contribution in [0.15, 0.2) is 22.7 Å². The third kappa shape index (κ3) is 3.80. The number of benzene rings is 1. The van der Waals surface area contributed by atoms with Crippen LogP contribution in [0.5, 0.6) is 0 Å². The van der Waals surface area contributed by atoms with Gasteiger partial charge in [-0.25, -0.2) is 0 Å². The van der Waals surface area contributed by atoms with Crippen molar-refractivity contribution in [3.63, 3.8) is 0 Å². The van der Waals surface area contributed by atoms with Crippen molar-refractivity contribution in [2.75, 3.05) is 6.61 Å². The summed E-state index contributed by atoms with van der Waals surface area (Å²) in [4.78, 5) is 11.4. The number of alkyl halides is 1. The molecule has 0 aliphatic heterocycles. The minimum absolute atomic E-state index is 0.358. The maximum atomic E-state index is 11.4. The highest BCUT2D eigenvalue weighted by atomic mass is 79.9. The van der Waals surface area contributed by atoms with Gasteiger partial charge in [0, 0.05) is 4.47 Å². The lowest BCUT2D eigenvalue weighted by atomic mass is 10.0. The van der Waals surface area contributed by atoms with Crippen molar-refractivity contribution in [2.45, 2.75) is 25.6 Å². The lowest BCUT2D eigenvalue weighted by Gasteiger charge is -2.11. The van der Waals surface area contributed by atoms with Crippen molar-refractivity contribution in [3.8, 4) is 0 Å². The van der Waals surface area contributed by atoms with Crippen molar-refractivity contribution < 1.29 is 9.53 Å². The van der Waals surface area contributed by atoms with Crippen molar-refractivity contribution in [1.82, 2.24) is 0 Å². The van der Waals surface area contributed by atoms with Crippen LogP contribution in [-0.4, -0.2) is 18.0 Å². The van der Waals surface area contributed by atoms with Crippen LogP contribution in [-0.2, 0) is 16.0 Å². The first-order chi connectivity index (χ1) is 7.54. The molecule has 0 aliphatic rings. The van der Waals surface area contributed by atoms with E-state index in [0.717, 1.165) is 15.6 Å². The quantitative estimate of drug-likeness (QED) is 0.629. The van der Waals surface area contributed by atoms with Gasteiger partial charge in [-0.2, -0.15) is 0 Å². The van der Waals surface area contributed by atoms with E-state index in [2.05, 4.69) is 15.9 Å². The molecule has 2 nitrogen and oxygen atoms in total. The number of rotatable bonds is 4. The lowest BCUT2D eigenvalue weighted by molar-refractivity contribution is -0.142. The summed E-state index contributed by atoms with van der Waals surface area (Å²) in [5, 5.41) is -0.618. The molecule has 1 aromatic carbocycles. The van der Waals surface area contributed by atoms with E-state index in [1.807, 2.05) is 25.1 Å². The minimum Gasteiger partial charge on any atom is -0.465 e. The third-order valence-electron chi connectivity index (χ3n) is 2.25. The van der Waals surface area contributed by atoms with Crippen LogP contribution in [0.3, 0.4) is 0 Å². The Morgan fingerprint density at radius 3 is 2.88 bits per heavy atom. The fraction of sp³-hybridized carbons (Fsp3) is 0.417. The first-order valence-corrected chi connectivity index (χ1v) is 6.33. The second-order valence-electron chi connectivity index (χ2n) is 3.49. The molecule has 0 N–H and O–H groups in total. The molecule has 4 heteroatoms. The van der Waals surface area contributed by atoms with Gasteiger partial charge in [0.15, 0.2) is 0 Å². The van der Waals surface area contributed by atoms with Crippen molar-refractivity contribution in [3.05, 3.63) is 33.8 Å². The fourth-order valence-electron chi connectivity index (χ4n) is 1.37. The number of hydrogen-bond donors (Lipinski definition) is 0. The zero-order valence-corrected chi connectivity index (χ0v) is 11.6. The summed E-state index contributed by atoms with van der Waals surface area (Å²) < 4.78 is 5.85. The molecule has 0 heterocycles. The fourth-order valence-corrected chi connectivity index (χ4v) is 2.01. The number of halogens is 2. The maximum absolute atomic E-state index is 11.4. The molecule has 0 saturated carbocycles. The van der Waals surface area contributed by atoms with E-state index in [1.165, 1.54) is 0 Å². The normalized spacial score (nSPS) is 12.2. The van der Waals surface area contributed by atoms with Crippen LogP contribution in [0.2, 0.25) is 0 Å². The van der Waals surface area contributed by atoms with Crippen LogP contribution in [0.1, 0.15) is 18.1 Å². The highest BCUT2D eigenvalue weighted by Gasteiger charge is 2.17. The van der Waals surface area contributed by atoms with E-state index in [0.29, 0.717) is 13.0 Å². The van der Waals surface area contributed by atoms with Crippen molar-refractivity contribution in [2.24, 2.45) is 0 Å². The number of hydrogen-bond acceptors (Lipinski definition) is 2. The predicted octanol–water partition coefficient (Wildman–Crippen LogP) is 3.47. The van der Waals surface area contributed by atoms with Crippen LogP contribution < -0.4 is 0 Å². The summed E-state index contributed by atoms with van der Waals surface area (Å²) in [6.07, 6.45) is 0.492. The number of aryl methyl sites for hydroxylation is 1. The van der Waals surface area contributed by atoms with E-state index in [9.17, 15) is 4.79 Å². The van der Waals surface area contributed by atoms with Crippen molar-refractivity contribution >= 4 is 33.5 Å². The highest BCUT2D eigenvalue weighted by Crippen LogP contribution is 2.19. The zero-order chi connectivity index (χ0) is 12.1. The Labute approximate surface area is 109 Å². The summed E-state index contributed by atoms with van der Waals surface area (Å²) in [7, 11) is 0. The van der Waals surface area contributed by atoms with E-state index < -0.39 is 5.38 Å². The van der Waals surface area contributed by atoms with Gasteiger partial charge < -0.3 is 4.74 Å². The number of carbonyl (C=O) groups excluding carboxylic acids is 1. The Bertz CT molecular complexity index is 379. The second kappa shape index (κ2) is 6.26. The van der Waals surface area contributed by atoms with Gasteiger partial charge in [-0.05, 0) is 43.5 Å². The topological polar surface area (TPSA) is 26.3 Å². The minimum atomic E-state index is -0.618. The summed E-state index contributed by atoms with van der Waals surface area (Å²) in [6, 6.07) is 5.94. The summed E-state index contributed by atoms with van der Waals surface area (Å²) in [6.45, 7) is 4.13. The Morgan fingerprint density at radius 1 is 1.56 bits per heavy atom. The molecule has 88 valence electrons. The Morgan fingerprint density at radius 2 is 2.25 bits per heavy atom. The summed E-state index contributed by atoms with van der Waals surface area (Å²) >= 11 is 9.37. The van der Waals surface area contributed by atoms with Crippen molar-refractivity contribution in [1.29, 1.82) is 0 Å². The Balaban J connectivity index is 2.72. The molecule has 1 unspecified atom stereocenters. The van der Waals surface area contributed by atoms with Gasteiger partial charge in [-0.1, -0.05) is 22.0 Å². The van der Waals surface area contributed by atoms with Gasteiger partial charge in [0.05, 0.1) is 6.61 Å². The molecular formula is C12H14BrClO2. The molecule has 1 aromatic rings. The van der Waals surface area contributed by atoms with Gasteiger partial charge in [-0.15, -0.1) is 11.6 Å². The summed E-state index contributed by atoms with van der Waals surface area (Å²) in [5.41, 5.74) is 2.18. The summed E-state index contributed by atoms with van der Waals surface area (Å²) in [5.74, 6) is -0.358. The molecule has 0 radical (unpaired) electrons. The monoisotopic (exact) mass is 304 g/mol. The molecular weight excluding hydrogens is 291 g/mol. The zero-order valence-electron chi connectivity index (χ0n) is 9.30. The molecule has 0 aromatic heterocycles. The van der Waals surface area contributed by atoms with Gasteiger partial charge in [0.1, 0.15) is 5.38 Å². The number of esters is 1. The molecule has 0 spiro atoms. The van der Waals surface area contributed by atoms with Crippen LogP contribution >= 0.6 is 27.5 Å². The molecule has 0 amide bonds. The molecule has 0 bridgehead atoms. The van der Waals surface area contributed by atoms with E-state index >= 15 is 0 Å². The Hall–Kier alpha value is -0.540. The Kier molecular flexibility index (Phi) is 5.29. The smallest absolute Gasteiger partial charge is 0.324 e. The van der Waals surface area contributed by atoms with E-state index in [1.54, 1.807) is 6.92 Å². The molecule has 0 aliphatic carbocycles. The SMILES string of the molecule is CCOC(=O)C(Cl)Cc1cc(Br)ccc1C. The standard InChI is InChI=1S/C12H14BrClO2/c1-3-16-12(15)11(14)7-9-6-10(13)5-4-8(9)2/h4-6,11H,3,7H2,1-2H3. The van der Waals surface area contributed by atoms with Gasteiger partial charge in [-0.3, -0.25) is 4.79 Å². The largest absolute Gasteiger partial charge is 0.465 e. The van der Waals surface area contributed by atoms with E-state index in [-0.39, 0.29) is 5.97 Å². The first-order valence-electron chi connectivity index (χ1n) is 5.10. The molecule has 16 heavy (non-hydrogen) atoms. The second-order valence-corrected chi connectivity index (χ2v) is 4.94. The lowest BCUT2D eigenvalue weighted by Crippen LogP contribution is -2.20. The molecule has 1 atom stereocenters.